The molecule has 0 amide bonds. The van der Waals surface area contributed by atoms with Crippen molar-refractivity contribution in [3.8, 4) is 0 Å². The summed E-state index contributed by atoms with van der Waals surface area (Å²) in [6, 6.07) is 0. The van der Waals surface area contributed by atoms with Crippen LogP contribution in [0.25, 0.3) is 0 Å². The van der Waals surface area contributed by atoms with Crippen molar-refractivity contribution < 1.29 is 5.11 Å². The minimum absolute atomic E-state index is 0.175. The summed E-state index contributed by atoms with van der Waals surface area (Å²) in [7, 11) is 1.69. The number of likely N-dealkylation sites (tertiary alicyclic amines) is 1. The first-order valence-corrected chi connectivity index (χ1v) is 4.30. The molecule has 1 fully saturated rings. The summed E-state index contributed by atoms with van der Waals surface area (Å²) in [5.74, 6) is 0.868. The van der Waals surface area contributed by atoms with Crippen LogP contribution in [-0.2, 0) is 0 Å². The second-order valence-electron chi connectivity index (χ2n) is 3.36. The molecule has 3 N–H and O–H groups in total. The maximum absolute atomic E-state index is 9.44. The van der Waals surface area contributed by atoms with E-state index in [1.165, 1.54) is 0 Å². The molecule has 0 aromatic heterocycles. The third-order valence-electron chi connectivity index (χ3n) is 2.41. The Balaban J connectivity index is 2.51. The average molecular weight is 171 g/mol. The minimum atomic E-state index is -0.175. The monoisotopic (exact) mass is 171 g/mol. The molecule has 1 heterocycles. The largest absolute Gasteiger partial charge is 0.393 e. The van der Waals surface area contributed by atoms with Crippen LogP contribution in [0, 0.1) is 5.92 Å². The minimum Gasteiger partial charge on any atom is -0.393 e. The molecule has 70 valence electrons. The highest BCUT2D eigenvalue weighted by Gasteiger charge is 2.24. The molecule has 4 heteroatoms. The van der Waals surface area contributed by atoms with Gasteiger partial charge in [-0.05, 0) is 12.3 Å². The first-order chi connectivity index (χ1) is 5.65. The van der Waals surface area contributed by atoms with E-state index in [0.29, 0.717) is 11.9 Å². The topological polar surface area (TPSA) is 61.8 Å². The van der Waals surface area contributed by atoms with Crippen molar-refractivity contribution in [2.24, 2.45) is 16.6 Å². The smallest absolute Gasteiger partial charge is 0.190 e. The van der Waals surface area contributed by atoms with E-state index in [1.807, 2.05) is 11.8 Å². The molecule has 0 saturated carbocycles. The highest BCUT2D eigenvalue weighted by Crippen LogP contribution is 2.15. The lowest BCUT2D eigenvalue weighted by Crippen LogP contribution is -2.47. The second kappa shape index (κ2) is 3.76. The Morgan fingerprint density at radius 3 is 2.83 bits per heavy atom. The molecule has 1 rings (SSSR count). The van der Waals surface area contributed by atoms with Crippen molar-refractivity contribution in [2.45, 2.75) is 19.4 Å². The van der Waals surface area contributed by atoms with Gasteiger partial charge in [-0.3, -0.25) is 4.99 Å². The molecule has 0 aliphatic carbocycles. The van der Waals surface area contributed by atoms with Gasteiger partial charge in [-0.2, -0.15) is 0 Å². The quantitative estimate of drug-likeness (QED) is 0.386. The number of piperidine rings is 1. The fourth-order valence-electron chi connectivity index (χ4n) is 1.48. The van der Waals surface area contributed by atoms with Crippen LogP contribution in [0.3, 0.4) is 0 Å². The first-order valence-electron chi connectivity index (χ1n) is 4.30. The molecule has 0 aromatic rings. The molecule has 0 radical (unpaired) electrons. The predicted octanol–water partition coefficient (Wildman–Crippen LogP) is -0.366. The Morgan fingerprint density at radius 1 is 1.67 bits per heavy atom. The summed E-state index contributed by atoms with van der Waals surface area (Å²) < 4.78 is 0. The van der Waals surface area contributed by atoms with Gasteiger partial charge < -0.3 is 15.7 Å². The van der Waals surface area contributed by atoms with E-state index in [4.69, 9.17) is 5.73 Å². The molecule has 4 nitrogen and oxygen atoms in total. The lowest BCUT2D eigenvalue weighted by molar-refractivity contribution is 0.0586. The number of guanidine groups is 1. The van der Waals surface area contributed by atoms with Crippen molar-refractivity contribution >= 4 is 5.96 Å². The Kier molecular flexibility index (Phi) is 2.92. The van der Waals surface area contributed by atoms with Gasteiger partial charge in [0.2, 0.25) is 0 Å². The van der Waals surface area contributed by atoms with Crippen molar-refractivity contribution in [1.82, 2.24) is 4.90 Å². The van der Waals surface area contributed by atoms with Gasteiger partial charge in [0.25, 0.3) is 0 Å². The van der Waals surface area contributed by atoms with Gasteiger partial charge in [-0.25, -0.2) is 0 Å². The number of nitrogens with two attached hydrogens (primary N) is 1. The standard InChI is InChI=1S/C8H17N3O/c1-6-5-11(8(9)10-2)4-3-7(6)12/h6-7,12H,3-5H2,1-2H3,(H2,9,10). The molecular formula is C8H17N3O. The normalized spacial score (nSPS) is 32.2. The third kappa shape index (κ3) is 1.88. The number of hydrogen-bond donors (Lipinski definition) is 2. The maximum Gasteiger partial charge on any atom is 0.190 e. The van der Waals surface area contributed by atoms with Crippen LogP contribution in [0.5, 0.6) is 0 Å². The molecule has 0 aromatic carbocycles. The average Bonchev–Trinajstić information content (AvgIpc) is 2.08. The number of rotatable bonds is 0. The summed E-state index contributed by atoms with van der Waals surface area (Å²) >= 11 is 0. The van der Waals surface area contributed by atoms with Crippen molar-refractivity contribution in [3.63, 3.8) is 0 Å². The Bertz CT molecular complexity index is 181. The number of aliphatic hydroxyl groups excluding tert-OH is 1. The molecule has 2 atom stereocenters. The Morgan fingerprint density at radius 2 is 2.33 bits per heavy atom. The predicted molar refractivity (Wildman–Crippen MR) is 48.9 cm³/mol. The van der Waals surface area contributed by atoms with Gasteiger partial charge in [0, 0.05) is 20.1 Å². The van der Waals surface area contributed by atoms with E-state index in [-0.39, 0.29) is 6.10 Å². The van der Waals surface area contributed by atoms with E-state index in [9.17, 15) is 5.11 Å². The molecular weight excluding hydrogens is 154 g/mol. The van der Waals surface area contributed by atoms with Gasteiger partial charge in [0.05, 0.1) is 6.10 Å². The van der Waals surface area contributed by atoms with E-state index in [0.717, 1.165) is 19.5 Å². The first kappa shape index (κ1) is 9.32. The van der Waals surface area contributed by atoms with Gasteiger partial charge in [0.15, 0.2) is 5.96 Å². The lowest BCUT2D eigenvalue weighted by atomic mass is 9.97. The highest BCUT2D eigenvalue weighted by molar-refractivity contribution is 5.78. The zero-order valence-corrected chi connectivity index (χ0v) is 7.70. The zero-order chi connectivity index (χ0) is 9.14. The molecule has 0 bridgehead atoms. The molecule has 12 heavy (non-hydrogen) atoms. The highest BCUT2D eigenvalue weighted by atomic mass is 16.3. The van der Waals surface area contributed by atoms with Crippen LogP contribution in [0.15, 0.2) is 4.99 Å². The summed E-state index contributed by atoms with van der Waals surface area (Å²) in [6.07, 6.45) is 0.614. The van der Waals surface area contributed by atoms with Crippen LogP contribution in [0.1, 0.15) is 13.3 Å². The van der Waals surface area contributed by atoms with E-state index in [2.05, 4.69) is 4.99 Å². The molecule has 1 saturated heterocycles. The summed E-state index contributed by atoms with van der Waals surface area (Å²) in [5.41, 5.74) is 5.65. The van der Waals surface area contributed by atoms with E-state index < -0.39 is 0 Å². The van der Waals surface area contributed by atoms with Crippen LogP contribution in [0.2, 0.25) is 0 Å². The zero-order valence-electron chi connectivity index (χ0n) is 7.70. The second-order valence-corrected chi connectivity index (χ2v) is 3.36. The molecule has 1 aliphatic rings. The number of hydrogen-bond acceptors (Lipinski definition) is 2. The fraction of sp³-hybridized carbons (Fsp3) is 0.875. The van der Waals surface area contributed by atoms with Crippen LogP contribution < -0.4 is 5.73 Å². The van der Waals surface area contributed by atoms with Crippen LogP contribution in [-0.4, -0.2) is 42.2 Å². The third-order valence-corrected chi connectivity index (χ3v) is 2.41. The SMILES string of the molecule is CN=C(N)N1CCC(O)C(C)C1. The molecule has 1 aliphatic heterocycles. The van der Waals surface area contributed by atoms with E-state index in [1.54, 1.807) is 7.05 Å². The van der Waals surface area contributed by atoms with Gasteiger partial charge >= 0.3 is 0 Å². The summed E-state index contributed by atoms with van der Waals surface area (Å²) in [6.45, 7) is 3.65. The van der Waals surface area contributed by atoms with Gasteiger partial charge in [-0.1, -0.05) is 6.92 Å². The Hall–Kier alpha value is -0.770. The van der Waals surface area contributed by atoms with Gasteiger partial charge in [0.1, 0.15) is 0 Å². The fourth-order valence-corrected chi connectivity index (χ4v) is 1.48. The maximum atomic E-state index is 9.44. The van der Waals surface area contributed by atoms with Crippen molar-refractivity contribution in [1.29, 1.82) is 0 Å². The lowest BCUT2D eigenvalue weighted by Gasteiger charge is -2.34. The summed E-state index contributed by atoms with van der Waals surface area (Å²) in [4.78, 5) is 5.92. The van der Waals surface area contributed by atoms with Crippen LogP contribution in [0.4, 0.5) is 0 Å². The van der Waals surface area contributed by atoms with Crippen LogP contribution >= 0.6 is 0 Å². The summed E-state index contributed by atoms with van der Waals surface area (Å²) in [5, 5.41) is 9.44. The van der Waals surface area contributed by atoms with E-state index >= 15 is 0 Å². The van der Waals surface area contributed by atoms with Crippen molar-refractivity contribution in [2.75, 3.05) is 20.1 Å². The number of aliphatic imine (C=N–C) groups is 1. The molecule has 2 unspecified atom stereocenters. The van der Waals surface area contributed by atoms with Crippen molar-refractivity contribution in [3.05, 3.63) is 0 Å². The Labute approximate surface area is 73.1 Å². The van der Waals surface area contributed by atoms with Gasteiger partial charge in [-0.15, -0.1) is 0 Å². The number of nitrogens with zero attached hydrogens (tertiary/aromatic N) is 2. The molecule has 0 spiro atoms. The number of aliphatic hydroxyl groups is 1.